The lowest BCUT2D eigenvalue weighted by molar-refractivity contribution is 0.497. The summed E-state index contributed by atoms with van der Waals surface area (Å²) in [5.41, 5.74) is 1.60. The summed E-state index contributed by atoms with van der Waals surface area (Å²) < 4.78 is 39.4. The van der Waals surface area contributed by atoms with Gasteiger partial charge in [-0.1, -0.05) is 25.1 Å². The Morgan fingerprint density at radius 2 is 1.62 bits per heavy atom. The number of benzene rings is 2. The standard InChI is InChI=1S/C17H18F3N/c1-2-21-15(9-12-4-3-5-14(18)8-12)10-13-6-7-16(19)17(20)11-13/h3-8,11,15,21H,2,9-10H2,1H3. The van der Waals surface area contributed by atoms with Gasteiger partial charge in [0.05, 0.1) is 0 Å². The van der Waals surface area contributed by atoms with E-state index in [4.69, 9.17) is 0 Å². The van der Waals surface area contributed by atoms with Crippen molar-refractivity contribution in [2.45, 2.75) is 25.8 Å². The zero-order valence-corrected chi connectivity index (χ0v) is 11.9. The maximum atomic E-state index is 13.3. The molecule has 0 radical (unpaired) electrons. The molecule has 21 heavy (non-hydrogen) atoms. The average molecular weight is 293 g/mol. The zero-order valence-electron chi connectivity index (χ0n) is 11.9. The molecule has 0 bridgehead atoms. The van der Waals surface area contributed by atoms with Gasteiger partial charge in [-0.3, -0.25) is 0 Å². The highest BCUT2D eigenvalue weighted by atomic mass is 19.2. The lowest BCUT2D eigenvalue weighted by Gasteiger charge is -2.18. The van der Waals surface area contributed by atoms with Gasteiger partial charge in [-0.05, 0) is 54.8 Å². The highest BCUT2D eigenvalue weighted by Crippen LogP contribution is 2.13. The Balaban J connectivity index is 2.09. The second kappa shape index (κ2) is 7.27. The minimum absolute atomic E-state index is 0.0432. The fourth-order valence-corrected chi connectivity index (χ4v) is 2.40. The summed E-state index contributed by atoms with van der Waals surface area (Å²) in [4.78, 5) is 0. The number of hydrogen-bond donors (Lipinski definition) is 1. The summed E-state index contributed by atoms with van der Waals surface area (Å²) >= 11 is 0. The van der Waals surface area contributed by atoms with Gasteiger partial charge in [-0.25, -0.2) is 13.2 Å². The van der Waals surface area contributed by atoms with E-state index in [1.165, 1.54) is 18.2 Å². The largest absolute Gasteiger partial charge is 0.314 e. The van der Waals surface area contributed by atoms with Crippen molar-refractivity contribution < 1.29 is 13.2 Å². The van der Waals surface area contributed by atoms with Crippen LogP contribution >= 0.6 is 0 Å². The van der Waals surface area contributed by atoms with Gasteiger partial charge in [0.25, 0.3) is 0 Å². The molecule has 0 spiro atoms. The Morgan fingerprint density at radius 1 is 0.905 bits per heavy atom. The van der Waals surface area contributed by atoms with E-state index in [0.717, 1.165) is 23.7 Å². The number of halogens is 3. The molecular formula is C17H18F3N. The van der Waals surface area contributed by atoms with E-state index in [1.54, 1.807) is 12.1 Å². The van der Waals surface area contributed by atoms with Gasteiger partial charge in [0, 0.05) is 6.04 Å². The third kappa shape index (κ3) is 4.60. The predicted octanol–water partition coefficient (Wildman–Crippen LogP) is 3.87. The van der Waals surface area contributed by atoms with Gasteiger partial charge < -0.3 is 5.32 Å². The topological polar surface area (TPSA) is 12.0 Å². The summed E-state index contributed by atoms with van der Waals surface area (Å²) in [6.07, 6.45) is 1.19. The van der Waals surface area contributed by atoms with Crippen molar-refractivity contribution in [1.82, 2.24) is 5.32 Å². The molecular weight excluding hydrogens is 275 g/mol. The SMILES string of the molecule is CCNC(Cc1cccc(F)c1)Cc1ccc(F)c(F)c1. The minimum Gasteiger partial charge on any atom is -0.314 e. The first kappa shape index (κ1) is 15.6. The fraction of sp³-hybridized carbons (Fsp3) is 0.294. The van der Waals surface area contributed by atoms with Gasteiger partial charge in [-0.15, -0.1) is 0 Å². The van der Waals surface area contributed by atoms with Crippen LogP contribution < -0.4 is 5.32 Å². The monoisotopic (exact) mass is 293 g/mol. The van der Waals surface area contributed by atoms with Gasteiger partial charge in [-0.2, -0.15) is 0 Å². The van der Waals surface area contributed by atoms with Crippen LogP contribution in [-0.2, 0) is 12.8 Å². The van der Waals surface area contributed by atoms with Crippen LogP contribution in [0.3, 0.4) is 0 Å². The Kier molecular flexibility index (Phi) is 5.39. The van der Waals surface area contributed by atoms with Crippen molar-refractivity contribution in [2.75, 3.05) is 6.54 Å². The molecule has 0 aliphatic heterocycles. The molecule has 112 valence electrons. The lowest BCUT2D eigenvalue weighted by Crippen LogP contribution is -2.33. The van der Waals surface area contributed by atoms with E-state index in [9.17, 15) is 13.2 Å². The van der Waals surface area contributed by atoms with Gasteiger partial charge in [0.2, 0.25) is 0 Å². The Labute approximate surface area is 122 Å². The number of hydrogen-bond acceptors (Lipinski definition) is 1. The van der Waals surface area contributed by atoms with Crippen molar-refractivity contribution in [1.29, 1.82) is 0 Å². The summed E-state index contributed by atoms with van der Waals surface area (Å²) in [5.74, 6) is -1.95. The minimum atomic E-state index is -0.844. The van der Waals surface area contributed by atoms with E-state index >= 15 is 0 Å². The van der Waals surface area contributed by atoms with E-state index in [0.29, 0.717) is 12.8 Å². The van der Waals surface area contributed by atoms with Crippen LogP contribution in [0.2, 0.25) is 0 Å². The smallest absolute Gasteiger partial charge is 0.159 e. The van der Waals surface area contributed by atoms with E-state index in [1.807, 2.05) is 13.0 Å². The summed E-state index contributed by atoms with van der Waals surface area (Å²) in [6.45, 7) is 2.73. The molecule has 1 atom stereocenters. The fourth-order valence-electron chi connectivity index (χ4n) is 2.40. The van der Waals surface area contributed by atoms with Crippen LogP contribution in [0.1, 0.15) is 18.1 Å². The molecule has 0 heterocycles. The molecule has 1 N–H and O–H groups in total. The van der Waals surface area contributed by atoms with Crippen molar-refractivity contribution in [3.05, 3.63) is 71.0 Å². The molecule has 0 saturated heterocycles. The van der Waals surface area contributed by atoms with Crippen molar-refractivity contribution in [2.24, 2.45) is 0 Å². The first-order valence-electron chi connectivity index (χ1n) is 7.00. The highest BCUT2D eigenvalue weighted by molar-refractivity contribution is 5.21. The molecule has 0 fully saturated rings. The van der Waals surface area contributed by atoms with Crippen LogP contribution in [0.15, 0.2) is 42.5 Å². The number of nitrogens with one attached hydrogen (secondary N) is 1. The predicted molar refractivity (Wildman–Crippen MR) is 77.6 cm³/mol. The van der Waals surface area contributed by atoms with Crippen LogP contribution in [-0.4, -0.2) is 12.6 Å². The van der Waals surface area contributed by atoms with Gasteiger partial charge in [0.1, 0.15) is 5.82 Å². The lowest BCUT2D eigenvalue weighted by atomic mass is 9.98. The quantitative estimate of drug-likeness (QED) is 0.852. The van der Waals surface area contributed by atoms with Crippen LogP contribution in [0.25, 0.3) is 0 Å². The normalized spacial score (nSPS) is 12.4. The Hall–Kier alpha value is -1.81. The molecule has 2 aromatic rings. The molecule has 1 unspecified atom stereocenters. The molecule has 0 aliphatic rings. The Bertz CT molecular complexity index is 598. The molecule has 0 saturated carbocycles. The summed E-state index contributed by atoms with van der Waals surface area (Å²) in [5, 5.41) is 3.29. The van der Waals surface area contributed by atoms with E-state index in [2.05, 4.69) is 5.32 Å². The van der Waals surface area contributed by atoms with Gasteiger partial charge in [0.15, 0.2) is 11.6 Å². The molecule has 4 heteroatoms. The summed E-state index contributed by atoms with van der Waals surface area (Å²) in [7, 11) is 0. The third-order valence-corrected chi connectivity index (χ3v) is 3.33. The van der Waals surface area contributed by atoms with Crippen molar-refractivity contribution in [3.8, 4) is 0 Å². The second-order valence-corrected chi connectivity index (χ2v) is 5.04. The third-order valence-electron chi connectivity index (χ3n) is 3.33. The molecule has 2 aromatic carbocycles. The van der Waals surface area contributed by atoms with Crippen LogP contribution in [0.5, 0.6) is 0 Å². The average Bonchev–Trinajstić information content (AvgIpc) is 2.43. The number of rotatable bonds is 6. The molecule has 2 rings (SSSR count). The van der Waals surface area contributed by atoms with Crippen molar-refractivity contribution >= 4 is 0 Å². The molecule has 1 nitrogen and oxygen atoms in total. The maximum Gasteiger partial charge on any atom is 0.159 e. The first-order valence-corrected chi connectivity index (χ1v) is 7.00. The second-order valence-electron chi connectivity index (χ2n) is 5.04. The van der Waals surface area contributed by atoms with Crippen LogP contribution in [0, 0.1) is 17.5 Å². The Morgan fingerprint density at radius 3 is 2.24 bits per heavy atom. The first-order chi connectivity index (χ1) is 10.1. The van der Waals surface area contributed by atoms with E-state index in [-0.39, 0.29) is 11.9 Å². The van der Waals surface area contributed by atoms with Crippen molar-refractivity contribution in [3.63, 3.8) is 0 Å². The van der Waals surface area contributed by atoms with Crippen LogP contribution in [0.4, 0.5) is 13.2 Å². The van der Waals surface area contributed by atoms with E-state index < -0.39 is 11.6 Å². The molecule has 0 aromatic heterocycles. The van der Waals surface area contributed by atoms with Gasteiger partial charge >= 0.3 is 0 Å². The maximum absolute atomic E-state index is 13.3. The summed E-state index contributed by atoms with van der Waals surface area (Å²) in [6, 6.07) is 10.4. The molecule has 0 aliphatic carbocycles. The highest BCUT2D eigenvalue weighted by Gasteiger charge is 2.12. The molecule has 0 amide bonds. The zero-order chi connectivity index (χ0) is 15.2. The number of likely N-dealkylation sites (N-methyl/N-ethyl adjacent to an activating group) is 1.